The first kappa shape index (κ1) is 10.3. The zero-order valence-electron chi connectivity index (χ0n) is 7.22. The largest absolute Gasteiger partial charge is 0.615 e. The van der Waals surface area contributed by atoms with Crippen LogP contribution in [0, 0.1) is 0 Å². The van der Waals surface area contributed by atoms with Crippen LogP contribution in [0.2, 0.25) is 0 Å². The van der Waals surface area contributed by atoms with Gasteiger partial charge in [-0.1, -0.05) is 13.2 Å². The van der Waals surface area contributed by atoms with Crippen molar-refractivity contribution >= 4 is 9.53 Å². The third-order valence-electron chi connectivity index (χ3n) is 0.787. The van der Waals surface area contributed by atoms with Gasteiger partial charge in [0.25, 0.3) is 0 Å². The van der Waals surface area contributed by atoms with Crippen molar-refractivity contribution in [1.82, 2.24) is 0 Å². The Morgan fingerprint density at radius 3 is 1.64 bits per heavy atom. The van der Waals surface area contributed by atoms with E-state index in [0.717, 1.165) is 0 Å². The second-order valence-corrected chi connectivity index (χ2v) is 3.68. The van der Waals surface area contributed by atoms with E-state index in [0.29, 0.717) is 11.5 Å². The lowest BCUT2D eigenvalue weighted by atomic mass is 10.7. The normalized spacial score (nSPS) is 9.45. The van der Waals surface area contributed by atoms with Crippen molar-refractivity contribution < 1.29 is 13.3 Å². The average molecular weight is 174 g/mol. The Kier molecular flexibility index (Phi) is 4.64. The first-order valence-corrected chi connectivity index (χ1v) is 4.64. The second-order valence-electron chi connectivity index (χ2n) is 2.16. The summed E-state index contributed by atoms with van der Waals surface area (Å²) in [6, 6.07) is 0. The molecule has 0 aromatic heterocycles. The van der Waals surface area contributed by atoms with E-state index >= 15 is 0 Å². The molecule has 0 rings (SSSR count). The van der Waals surface area contributed by atoms with Gasteiger partial charge in [0.05, 0.1) is 11.5 Å². The van der Waals surface area contributed by atoms with Gasteiger partial charge in [0.2, 0.25) is 0 Å². The van der Waals surface area contributed by atoms with E-state index in [2.05, 4.69) is 13.2 Å². The van der Waals surface area contributed by atoms with Gasteiger partial charge in [-0.25, -0.2) is 0 Å². The molecule has 0 saturated heterocycles. The van der Waals surface area contributed by atoms with Gasteiger partial charge in [-0.05, 0) is 13.8 Å². The van der Waals surface area contributed by atoms with E-state index in [1.165, 1.54) is 0 Å². The summed E-state index contributed by atoms with van der Waals surface area (Å²) in [6.07, 6.45) is 0. The maximum Gasteiger partial charge on any atom is 0.615 e. The van der Waals surface area contributed by atoms with Gasteiger partial charge >= 0.3 is 9.53 Å². The third-order valence-corrected chi connectivity index (χ3v) is 2.36. The fourth-order valence-corrected chi connectivity index (χ4v) is 1.35. The molecule has 0 aliphatic rings. The van der Waals surface area contributed by atoms with Crippen LogP contribution in [0.4, 0.5) is 0 Å². The van der Waals surface area contributed by atoms with Crippen LogP contribution in [0.5, 0.6) is 0 Å². The summed E-state index contributed by atoms with van der Waals surface area (Å²) in [7, 11) is -0.483. The Hall–Kier alpha value is -0.743. The zero-order valence-corrected chi connectivity index (χ0v) is 8.37. The van der Waals surface area contributed by atoms with Crippen LogP contribution < -0.4 is 0 Å². The summed E-state index contributed by atoms with van der Waals surface area (Å²) in [4.78, 5) is 0. The van der Waals surface area contributed by atoms with E-state index in [1.807, 2.05) is 0 Å². The Balaban J connectivity index is 3.76. The maximum atomic E-state index is 5.15. The lowest BCUT2D eigenvalue weighted by Gasteiger charge is -2.15. The van der Waals surface area contributed by atoms with E-state index in [9.17, 15) is 0 Å². The summed E-state index contributed by atoms with van der Waals surface area (Å²) in [5, 5.41) is 0. The van der Waals surface area contributed by atoms with E-state index in [1.54, 1.807) is 21.0 Å². The van der Waals surface area contributed by atoms with Gasteiger partial charge in [0, 0.05) is 7.11 Å². The van der Waals surface area contributed by atoms with Gasteiger partial charge in [-0.3, -0.25) is 0 Å². The minimum absolute atomic E-state index is 0.602. The molecule has 0 fully saturated rings. The maximum absolute atomic E-state index is 5.15. The number of allylic oxidation sites excluding steroid dienone is 2. The van der Waals surface area contributed by atoms with Crippen LogP contribution in [-0.2, 0) is 13.3 Å². The molecule has 0 saturated carbocycles. The lowest BCUT2D eigenvalue weighted by molar-refractivity contribution is 0.177. The highest BCUT2D eigenvalue weighted by Gasteiger charge is 2.15. The molecule has 0 radical (unpaired) electrons. The molecule has 0 aliphatic carbocycles. The molecule has 0 heterocycles. The molecule has 0 aliphatic heterocycles. The van der Waals surface area contributed by atoms with Crippen molar-refractivity contribution in [3.05, 3.63) is 24.7 Å². The fraction of sp³-hybridized carbons (Fsp3) is 0.429. The molecule has 3 nitrogen and oxygen atoms in total. The highest BCUT2D eigenvalue weighted by atomic mass is 28.3. The molecule has 0 amide bonds. The van der Waals surface area contributed by atoms with Crippen LogP contribution in [0.1, 0.15) is 13.8 Å². The van der Waals surface area contributed by atoms with Crippen LogP contribution in [0.25, 0.3) is 0 Å². The molecule has 0 aromatic carbocycles. The molecular weight excluding hydrogens is 160 g/mol. The monoisotopic (exact) mass is 174 g/mol. The Labute approximate surface area is 69.2 Å². The number of hydrogen-bond acceptors (Lipinski definition) is 3. The van der Waals surface area contributed by atoms with Crippen molar-refractivity contribution in [3.8, 4) is 0 Å². The van der Waals surface area contributed by atoms with Gasteiger partial charge in [-0.2, -0.15) is 0 Å². The molecule has 4 heteroatoms. The minimum atomic E-state index is -2.03. The third kappa shape index (κ3) is 5.69. The minimum Gasteiger partial charge on any atom is -0.499 e. The molecule has 0 aromatic rings. The van der Waals surface area contributed by atoms with Gasteiger partial charge < -0.3 is 13.3 Å². The zero-order chi connectivity index (χ0) is 8.85. The Morgan fingerprint density at radius 2 is 1.45 bits per heavy atom. The highest BCUT2D eigenvalue weighted by molar-refractivity contribution is 6.37. The molecule has 0 spiro atoms. The van der Waals surface area contributed by atoms with Crippen molar-refractivity contribution in [2.24, 2.45) is 0 Å². The summed E-state index contributed by atoms with van der Waals surface area (Å²) in [5.74, 6) is 1.20. The predicted octanol–water partition coefficient (Wildman–Crippen LogP) is 1.45. The molecule has 0 atom stereocenters. The summed E-state index contributed by atoms with van der Waals surface area (Å²) in [6.45, 7) is 10.6. The quantitative estimate of drug-likeness (QED) is 0.466. The van der Waals surface area contributed by atoms with Crippen LogP contribution in [-0.4, -0.2) is 16.6 Å². The van der Waals surface area contributed by atoms with Crippen LogP contribution in [0.15, 0.2) is 24.7 Å². The van der Waals surface area contributed by atoms with E-state index in [4.69, 9.17) is 13.3 Å². The van der Waals surface area contributed by atoms with E-state index in [-0.39, 0.29) is 0 Å². The van der Waals surface area contributed by atoms with Crippen molar-refractivity contribution in [3.63, 3.8) is 0 Å². The lowest BCUT2D eigenvalue weighted by Crippen LogP contribution is -2.23. The first-order chi connectivity index (χ1) is 5.06. The molecular formula is C7H14O3Si. The van der Waals surface area contributed by atoms with Gasteiger partial charge in [0.15, 0.2) is 0 Å². The molecule has 0 bridgehead atoms. The number of rotatable bonds is 5. The van der Waals surface area contributed by atoms with Gasteiger partial charge in [-0.15, -0.1) is 0 Å². The average Bonchev–Trinajstić information content (AvgIpc) is 1.84. The smallest absolute Gasteiger partial charge is 0.499 e. The fourth-order valence-electron chi connectivity index (χ4n) is 0.449. The molecule has 11 heavy (non-hydrogen) atoms. The standard InChI is InChI=1S/C7H14O3Si/c1-6(2)9-11(8-5)10-7(3)4/h11H,1,3H2,2,4-5H3. The van der Waals surface area contributed by atoms with Crippen molar-refractivity contribution in [2.45, 2.75) is 13.8 Å². The summed E-state index contributed by atoms with van der Waals surface area (Å²) >= 11 is 0. The first-order valence-electron chi connectivity index (χ1n) is 3.23. The SMILES string of the molecule is C=C(C)O[SiH](OC)OC(=C)C. The topological polar surface area (TPSA) is 27.7 Å². The number of hydrogen-bond donors (Lipinski definition) is 0. The van der Waals surface area contributed by atoms with Crippen molar-refractivity contribution in [1.29, 1.82) is 0 Å². The second kappa shape index (κ2) is 4.98. The van der Waals surface area contributed by atoms with Crippen LogP contribution >= 0.6 is 0 Å². The molecule has 64 valence electrons. The Bertz CT molecular complexity index is 140. The van der Waals surface area contributed by atoms with Crippen molar-refractivity contribution in [2.75, 3.05) is 7.11 Å². The summed E-state index contributed by atoms with van der Waals surface area (Å²) < 4.78 is 15.2. The molecule has 0 unspecified atom stereocenters. The predicted molar refractivity (Wildman–Crippen MR) is 46.0 cm³/mol. The Morgan fingerprint density at radius 1 is 1.09 bits per heavy atom. The summed E-state index contributed by atoms with van der Waals surface area (Å²) in [5.41, 5.74) is 0. The van der Waals surface area contributed by atoms with Gasteiger partial charge in [0.1, 0.15) is 0 Å². The highest BCUT2D eigenvalue weighted by Crippen LogP contribution is 2.02. The molecule has 0 N–H and O–H groups in total. The van der Waals surface area contributed by atoms with Crippen LogP contribution in [0.3, 0.4) is 0 Å². The van der Waals surface area contributed by atoms with E-state index < -0.39 is 9.53 Å².